The molecule has 5 rings (SSSR count). The van der Waals surface area contributed by atoms with Crippen molar-refractivity contribution in [2.24, 2.45) is 0 Å². The minimum Gasteiger partial charge on any atom is -0.485 e. The van der Waals surface area contributed by atoms with E-state index >= 15 is 0 Å². The van der Waals surface area contributed by atoms with Gasteiger partial charge in [-0.25, -0.2) is 4.39 Å². The number of ether oxygens (including phenoxy) is 2. The molecule has 0 amide bonds. The first-order valence-electron chi connectivity index (χ1n) is 12.9. The Morgan fingerprint density at radius 1 is 1.11 bits per heavy atom. The van der Waals surface area contributed by atoms with Crippen molar-refractivity contribution in [2.75, 3.05) is 13.1 Å². The summed E-state index contributed by atoms with van der Waals surface area (Å²) in [4.78, 5) is 14.4. The van der Waals surface area contributed by atoms with Gasteiger partial charge in [-0.3, -0.25) is 9.69 Å². The van der Waals surface area contributed by atoms with Gasteiger partial charge in [0.05, 0.1) is 5.69 Å². The molecule has 1 atom stereocenters. The van der Waals surface area contributed by atoms with E-state index in [-0.39, 0.29) is 23.7 Å². The van der Waals surface area contributed by atoms with Crippen LogP contribution in [0, 0.1) is 5.82 Å². The van der Waals surface area contributed by atoms with E-state index in [4.69, 9.17) is 14.0 Å². The Kier molecular flexibility index (Phi) is 7.84. The molecule has 0 radical (unpaired) electrons. The highest BCUT2D eigenvalue weighted by Crippen LogP contribution is 2.35. The van der Waals surface area contributed by atoms with E-state index in [0.717, 1.165) is 42.6 Å². The van der Waals surface area contributed by atoms with Gasteiger partial charge in [0, 0.05) is 36.0 Å². The number of piperidine rings is 1. The minimum absolute atomic E-state index is 0.0347. The second-order valence-corrected chi connectivity index (χ2v) is 9.54. The van der Waals surface area contributed by atoms with Crippen molar-refractivity contribution in [2.45, 2.75) is 45.4 Å². The number of allylic oxidation sites excluding steroid dienone is 1. The first-order valence-corrected chi connectivity index (χ1v) is 12.9. The summed E-state index contributed by atoms with van der Waals surface area (Å²) in [7, 11) is 0. The molecule has 196 valence electrons. The summed E-state index contributed by atoms with van der Waals surface area (Å²) >= 11 is 0. The number of ketones is 1. The zero-order chi connectivity index (χ0) is 26.5. The van der Waals surface area contributed by atoms with Gasteiger partial charge in [0.2, 0.25) is 0 Å². The third-order valence-electron chi connectivity index (χ3n) is 6.93. The lowest BCUT2D eigenvalue weighted by Gasteiger charge is -2.36. The maximum absolute atomic E-state index is 13.6. The molecule has 0 N–H and O–H groups in total. The standard InChI is InChI=1S/C31H31FN2O4/c1-3-7-30(34-16-14-23(15-17-34)31-26-12-11-25(32)19-28(26)38-33-31)37-29-18-24(21(2)35)10-13-27(29)36-20-22-8-5-4-6-9-22/h3-13,18-19,23,30H,14-17,20H2,1-2H3/b7-3+. The first kappa shape index (κ1) is 25.7. The number of rotatable bonds is 9. The van der Waals surface area contributed by atoms with E-state index in [1.54, 1.807) is 31.2 Å². The molecule has 2 heterocycles. The SMILES string of the molecule is C/C=C/C(Oc1cc(C(C)=O)ccc1OCc1ccccc1)N1CCC(c2noc3cc(F)ccc23)CC1. The molecule has 1 saturated heterocycles. The van der Waals surface area contributed by atoms with Crippen molar-refractivity contribution in [1.82, 2.24) is 10.1 Å². The van der Waals surface area contributed by atoms with Crippen molar-refractivity contribution < 1.29 is 23.2 Å². The van der Waals surface area contributed by atoms with Crippen LogP contribution < -0.4 is 9.47 Å². The fraction of sp³-hybridized carbons (Fsp3) is 0.290. The number of nitrogens with zero attached hydrogens (tertiary/aromatic N) is 2. The van der Waals surface area contributed by atoms with Gasteiger partial charge in [-0.1, -0.05) is 41.6 Å². The average Bonchev–Trinajstić information content (AvgIpc) is 3.35. The lowest BCUT2D eigenvalue weighted by atomic mass is 9.91. The normalized spacial score (nSPS) is 15.7. The van der Waals surface area contributed by atoms with Crippen LogP contribution >= 0.6 is 0 Å². The number of Topliss-reactive ketones (excluding diaryl/α,β-unsaturated/α-hetero) is 1. The van der Waals surface area contributed by atoms with Crippen LogP contribution in [-0.2, 0) is 6.61 Å². The lowest BCUT2D eigenvalue weighted by Crippen LogP contribution is -2.43. The van der Waals surface area contributed by atoms with Crippen LogP contribution in [0.3, 0.4) is 0 Å². The van der Waals surface area contributed by atoms with E-state index in [1.165, 1.54) is 12.1 Å². The smallest absolute Gasteiger partial charge is 0.172 e. The Morgan fingerprint density at radius 2 is 1.89 bits per heavy atom. The fourth-order valence-corrected chi connectivity index (χ4v) is 4.86. The molecule has 0 spiro atoms. The Bertz CT molecular complexity index is 1420. The van der Waals surface area contributed by atoms with E-state index in [0.29, 0.717) is 29.3 Å². The molecule has 1 aliphatic heterocycles. The van der Waals surface area contributed by atoms with Gasteiger partial charge in [-0.05, 0) is 68.7 Å². The van der Waals surface area contributed by atoms with Crippen molar-refractivity contribution in [3.05, 3.63) is 102 Å². The van der Waals surface area contributed by atoms with Crippen LogP contribution in [-0.4, -0.2) is 35.2 Å². The monoisotopic (exact) mass is 514 g/mol. The van der Waals surface area contributed by atoms with Crippen LogP contribution in [0.2, 0.25) is 0 Å². The van der Waals surface area contributed by atoms with Crippen molar-refractivity contribution in [3.8, 4) is 11.5 Å². The lowest BCUT2D eigenvalue weighted by molar-refractivity contribution is 0.0396. The predicted octanol–water partition coefficient (Wildman–Crippen LogP) is 6.91. The molecular formula is C31H31FN2O4. The Labute approximate surface area is 221 Å². The number of carbonyl (C=O) groups is 1. The van der Waals surface area contributed by atoms with E-state index in [1.807, 2.05) is 49.4 Å². The van der Waals surface area contributed by atoms with Gasteiger partial charge in [0.1, 0.15) is 12.4 Å². The zero-order valence-electron chi connectivity index (χ0n) is 21.6. The number of aromatic nitrogens is 1. The van der Waals surface area contributed by atoms with Crippen molar-refractivity contribution in [3.63, 3.8) is 0 Å². The molecule has 4 aromatic rings. The number of likely N-dealkylation sites (tertiary alicyclic amines) is 1. The van der Waals surface area contributed by atoms with Gasteiger partial charge in [-0.15, -0.1) is 0 Å². The molecule has 0 saturated carbocycles. The third kappa shape index (κ3) is 5.78. The topological polar surface area (TPSA) is 64.8 Å². The highest BCUT2D eigenvalue weighted by Gasteiger charge is 2.29. The molecule has 38 heavy (non-hydrogen) atoms. The van der Waals surface area contributed by atoms with Gasteiger partial charge in [0.25, 0.3) is 0 Å². The largest absolute Gasteiger partial charge is 0.485 e. The van der Waals surface area contributed by atoms with Crippen LogP contribution in [0.1, 0.15) is 54.2 Å². The van der Waals surface area contributed by atoms with Crippen molar-refractivity contribution in [1.29, 1.82) is 0 Å². The summed E-state index contributed by atoms with van der Waals surface area (Å²) in [5.41, 5.74) is 2.98. The highest BCUT2D eigenvalue weighted by molar-refractivity contribution is 5.94. The average molecular weight is 515 g/mol. The molecule has 1 aliphatic rings. The summed E-state index contributed by atoms with van der Waals surface area (Å²) in [6.45, 7) is 5.46. The quantitative estimate of drug-likeness (QED) is 0.179. The second-order valence-electron chi connectivity index (χ2n) is 9.54. The summed E-state index contributed by atoms with van der Waals surface area (Å²) in [5.74, 6) is 0.970. The van der Waals surface area contributed by atoms with Crippen LogP contribution in [0.4, 0.5) is 4.39 Å². The molecular weight excluding hydrogens is 483 g/mol. The summed E-state index contributed by atoms with van der Waals surface area (Å²) < 4.78 is 31.6. The molecule has 6 nitrogen and oxygen atoms in total. The third-order valence-corrected chi connectivity index (χ3v) is 6.93. The number of hydrogen-bond donors (Lipinski definition) is 0. The van der Waals surface area contributed by atoms with Crippen LogP contribution in [0.15, 0.2) is 83.4 Å². The Balaban J connectivity index is 1.31. The first-order chi connectivity index (χ1) is 18.5. The molecule has 0 bridgehead atoms. The Morgan fingerprint density at radius 3 is 2.63 bits per heavy atom. The molecule has 1 unspecified atom stereocenters. The molecule has 0 aliphatic carbocycles. The minimum atomic E-state index is -0.331. The summed E-state index contributed by atoms with van der Waals surface area (Å²) in [5, 5.41) is 5.13. The van der Waals surface area contributed by atoms with Crippen LogP contribution in [0.5, 0.6) is 11.5 Å². The van der Waals surface area contributed by atoms with Crippen molar-refractivity contribution >= 4 is 16.8 Å². The maximum atomic E-state index is 13.6. The predicted molar refractivity (Wildman–Crippen MR) is 144 cm³/mol. The van der Waals surface area contributed by atoms with E-state index in [2.05, 4.69) is 10.1 Å². The molecule has 1 aromatic heterocycles. The van der Waals surface area contributed by atoms with E-state index in [9.17, 15) is 9.18 Å². The van der Waals surface area contributed by atoms with E-state index < -0.39 is 0 Å². The molecule has 3 aromatic carbocycles. The fourth-order valence-electron chi connectivity index (χ4n) is 4.86. The number of halogens is 1. The number of carbonyl (C=O) groups excluding carboxylic acids is 1. The summed E-state index contributed by atoms with van der Waals surface area (Å²) in [6, 6.07) is 19.8. The number of hydrogen-bond acceptors (Lipinski definition) is 6. The van der Waals surface area contributed by atoms with Gasteiger partial charge < -0.3 is 14.0 Å². The number of fused-ring (bicyclic) bond motifs is 1. The van der Waals surface area contributed by atoms with Gasteiger partial charge in [-0.2, -0.15) is 0 Å². The Hall–Kier alpha value is -3.97. The van der Waals surface area contributed by atoms with Gasteiger partial charge >= 0.3 is 0 Å². The molecule has 1 fully saturated rings. The highest BCUT2D eigenvalue weighted by atomic mass is 19.1. The zero-order valence-corrected chi connectivity index (χ0v) is 21.6. The van der Waals surface area contributed by atoms with Gasteiger partial charge in [0.15, 0.2) is 29.1 Å². The second kappa shape index (κ2) is 11.6. The van der Waals surface area contributed by atoms with Crippen LogP contribution in [0.25, 0.3) is 11.0 Å². The molecule has 7 heteroatoms. The maximum Gasteiger partial charge on any atom is 0.172 e. The number of benzene rings is 3. The summed E-state index contributed by atoms with van der Waals surface area (Å²) in [6.07, 6.45) is 5.37.